The molecule has 23 heavy (non-hydrogen) atoms. The Labute approximate surface area is 131 Å². The van der Waals surface area contributed by atoms with E-state index >= 15 is 0 Å². The quantitative estimate of drug-likeness (QED) is 0.567. The summed E-state index contributed by atoms with van der Waals surface area (Å²) in [5, 5.41) is 10.9. The maximum absolute atomic E-state index is 12.1. The van der Waals surface area contributed by atoms with Gasteiger partial charge >= 0.3 is 0 Å². The summed E-state index contributed by atoms with van der Waals surface area (Å²) in [5.41, 5.74) is 4.11. The first-order valence-electron chi connectivity index (χ1n) is 7.21. The van der Waals surface area contributed by atoms with Crippen LogP contribution in [-0.2, 0) is 6.42 Å². The molecule has 0 radical (unpaired) electrons. The first-order valence-corrected chi connectivity index (χ1v) is 7.21. The maximum Gasteiger partial charge on any atom is 0.189 e. The molecule has 1 aromatic carbocycles. The van der Waals surface area contributed by atoms with E-state index in [0.29, 0.717) is 5.69 Å². The van der Waals surface area contributed by atoms with Gasteiger partial charge in [0.2, 0.25) is 0 Å². The molecule has 3 heterocycles. The molecule has 0 amide bonds. The minimum Gasteiger partial charge on any atom is -0.339 e. The topological polar surface area (TPSA) is 87.3 Å². The second-order valence-corrected chi connectivity index (χ2v) is 5.29. The number of Topliss-reactive ketones (excluding diaryl/α,β-unsaturated/α-hetero) is 1. The molecule has 0 unspecified atom stereocenters. The molecule has 0 atom stereocenters. The van der Waals surface area contributed by atoms with E-state index in [0.717, 1.165) is 27.9 Å². The standard InChI is InChI=1S/C17H13N5O/c23-16(15-10-19-22-21-15)7-11-6-13-8-14(20-17(13)18-9-11)12-4-2-1-3-5-12/h1-6,8-10H,7H2,(H,18,20)(H,19,21,22). The van der Waals surface area contributed by atoms with Gasteiger partial charge < -0.3 is 4.98 Å². The van der Waals surface area contributed by atoms with Crippen molar-refractivity contribution in [2.45, 2.75) is 6.42 Å². The highest BCUT2D eigenvalue weighted by Gasteiger charge is 2.11. The normalized spacial score (nSPS) is 11.0. The van der Waals surface area contributed by atoms with E-state index < -0.39 is 0 Å². The number of hydrogen-bond acceptors (Lipinski definition) is 4. The van der Waals surface area contributed by atoms with Crippen molar-refractivity contribution in [2.24, 2.45) is 0 Å². The van der Waals surface area contributed by atoms with Crippen molar-refractivity contribution in [3.8, 4) is 11.3 Å². The van der Waals surface area contributed by atoms with E-state index in [1.807, 2.05) is 42.5 Å². The molecular formula is C17H13N5O. The number of H-pyrrole nitrogens is 2. The molecular weight excluding hydrogens is 290 g/mol. The number of hydrogen-bond donors (Lipinski definition) is 2. The number of fused-ring (bicyclic) bond motifs is 1. The molecule has 2 N–H and O–H groups in total. The van der Waals surface area contributed by atoms with E-state index in [1.165, 1.54) is 6.20 Å². The number of carbonyl (C=O) groups excluding carboxylic acids is 1. The van der Waals surface area contributed by atoms with Crippen LogP contribution in [0.25, 0.3) is 22.3 Å². The molecule has 0 saturated heterocycles. The molecule has 112 valence electrons. The SMILES string of the molecule is O=C(Cc1cnc2[nH]c(-c3ccccc3)cc2c1)c1cn[nH]n1. The smallest absolute Gasteiger partial charge is 0.189 e. The lowest BCUT2D eigenvalue weighted by Gasteiger charge is -1.98. The van der Waals surface area contributed by atoms with Crippen LogP contribution >= 0.6 is 0 Å². The Morgan fingerprint density at radius 2 is 1.96 bits per heavy atom. The summed E-state index contributed by atoms with van der Waals surface area (Å²) in [4.78, 5) is 19.8. The summed E-state index contributed by atoms with van der Waals surface area (Å²) in [6.07, 6.45) is 3.39. The van der Waals surface area contributed by atoms with E-state index in [9.17, 15) is 4.79 Å². The van der Waals surface area contributed by atoms with Gasteiger partial charge in [0.05, 0.1) is 6.20 Å². The van der Waals surface area contributed by atoms with Crippen LogP contribution in [0.4, 0.5) is 0 Å². The van der Waals surface area contributed by atoms with Crippen molar-refractivity contribution in [2.75, 3.05) is 0 Å². The molecule has 4 aromatic rings. The summed E-state index contributed by atoms with van der Waals surface area (Å²) >= 11 is 0. The fourth-order valence-electron chi connectivity index (χ4n) is 2.54. The molecule has 0 aliphatic rings. The van der Waals surface area contributed by atoms with E-state index in [2.05, 4.69) is 25.4 Å². The molecule has 0 aliphatic heterocycles. The van der Waals surface area contributed by atoms with Gasteiger partial charge in [-0.2, -0.15) is 15.4 Å². The molecule has 6 heteroatoms. The van der Waals surface area contributed by atoms with Crippen LogP contribution in [-0.4, -0.2) is 31.2 Å². The highest BCUT2D eigenvalue weighted by molar-refractivity contribution is 5.96. The van der Waals surface area contributed by atoms with Crippen molar-refractivity contribution < 1.29 is 4.79 Å². The van der Waals surface area contributed by atoms with Crippen LogP contribution in [0, 0.1) is 0 Å². The Morgan fingerprint density at radius 1 is 1.09 bits per heavy atom. The van der Waals surface area contributed by atoms with Crippen LogP contribution in [0.2, 0.25) is 0 Å². The van der Waals surface area contributed by atoms with Crippen molar-refractivity contribution in [3.63, 3.8) is 0 Å². The van der Waals surface area contributed by atoms with Crippen molar-refractivity contribution >= 4 is 16.8 Å². The summed E-state index contributed by atoms with van der Waals surface area (Å²) in [7, 11) is 0. The van der Waals surface area contributed by atoms with Gasteiger partial charge in [0, 0.05) is 23.7 Å². The molecule has 6 nitrogen and oxygen atoms in total. The Morgan fingerprint density at radius 3 is 2.74 bits per heavy atom. The number of aromatic amines is 2. The third-order valence-electron chi connectivity index (χ3n) is 3.68. The summed E-state index contributed by atoms with van der Waals surface area (Å²) in [6.45, 7) is 0. The number of carbonyl (C=O) groups is 1. The van der Waals surface area contributed by atoms with Gasteiger partial charge in [-0.25, -0.2) is 4.98 Å². The predicted octanol–water partition coefficient (Wildman–Crippen LogP) is 2.77. The first kappa shape index (κ1) is 13.4. The number of ketones is 1. The molecule has 0 fully saturated rings. The van der Waals surface area contributed by atoms with Crippen LogP contribution in [0.1, 0.15) is 16.1 Å². The van der Waals surface area contributed by atoms with Crippen molar-refractivity contribution in [1.82, 2.24) is 25.4 Å². The number of nitrogens with zero attached hydrogens (tertiary/aromatic N) is 3. The first-order chi connectivity index (χ1) is 11.3. The molecule has 0 spiro atoms. The Balaban J connectivity index is 1.64. The van der Waals surface area contributed by atoms with E-state index in [-0.39, 0.29) is 12.2 Å². The van der Waals surface area contributed by atoms with Gasteiger partial charge in [-0.1, -0.05) is 30.3 Å². The molecule has 0 saturated carbocycles. The number of aromatic nitrogens is 5. The lowest BCUT2D eigenvalue weighted by molar-refractivity contribution is 0.0988. The Hall–Kier alpha value is -3.28. The zero-order valence-corrected chi connectivity index (χ0v) is 12.2. The third-order valence-corrected chi connectivity index (χ3v) is 3.68. The highest BCUT2D eigenvalue weighted by atomic mass is 16.1. The van der Waals surface area contributed by atoms with Crippen molar-refractivity contribution in [3.05, 3.63) is 66.1 Å². The molecule has 4 rings (SSSR count). The van der Waals surface area contributed by atoms with Crippen LogP contribution < -0.4 is 0 Å². The fraction of sp³-hybridized carbons (Fsp3) is 0.0588. The molecule has 3 aromatic heterocycles. The van der Waals surface area contributed by atoms with E-state index in [4.69, 9.17) is 0 Å². The summed E-state index contributed by atoms with van der Waals surface area (Å²) < 4.78 is 0. The molecule has 0 aliphatic carbocycles. The van der Waals surface area contributed by atoms with E-state index in [1.54, 1.807) is 6.20 Å². The van der Waals surface area contributed by atoms with Gasteiger partial charge in [0.25, 0.3) is 0 Å². The molecule has 0 bridgehead atoms. The summed E-state index contributed by atoms with van der Waals surface area (Å²) in [5.74, 6) is -0.0845. The number of pyridine rings is 1. The van der Waals surface area contributed by atoms with Crippen LogP contribution in [0.15, 0.2) is 54.9 Å². The average Bonchev–Trinajstić information content (AvgIpc) is 3.25. The number of nitrogens with one attached hydrogen (secondary N) is 2. The van der Waals surface area contributed by atoms with Gasteiger partial charge in [-0.15, -0.1) is 0 Å². The number of rotatable bonds is 4. The predicted molar refractivity (Wildman–Crippen MR) is 85.9 cm³/mol. The zero-order valence-electron chi connectivity index (χ0n) is 12.2. The minimum absolute atomic E-state index is 0.0845. The number of benzene rings is 1. The Kier molecular flexibility index (Phi) is 3.20. The second-order valence-electron chi connectivity index (χ2n) is 5.29. The maximum atomic E-state index is 12.1. The van der Waals surface area contributed by atoms with Gasteiger partial charge in [0.1, 0.15) is 11.3 Å². The lowest BCUT2D eigenvalue weighted by Crippen LogP contribution is -2.04. The largest absolute Gasteiger partial charge is 0.339 e. The summed E-state index contributed by atoms with van der Waals surface area (Å²) in [6, 6.07) is 14.1. The van der Waals surface area contributed by atoms with Crippen molar-refractivity contribution in [1.29, 1.82) is 0 Å². The highest BCUT2D eigenvalue weighted by Crippen LogP contribution is 2.23. The zero-order chi connectivity index (χ0) is 15.6. The minimum atomic E-state index is -0.0845. The van der Waals surface area contributed by atoms with Gasteiger partial charge in [-0.05, 0) is 23.3 Å². The average molecular weight is 303 g/mol. The van der Waals surface area contributed by atoms with Gasteiger partial charge in [-0.3, -0.25) is 4.79 Å². The monoisotopic (exact) mass is 303 g/mol. The fourth-order valence-corrected chi connectivity index (χ4v) is 2.54. The van der Waals surface area contributed by atoms with Crippen LogP contribution in [0.5, 0.6) is 0 Å². The lowest BCUT2D eigenvalue weighted by atomic mass is 10.1. The van der Waals surface area contributed by atoms with Gasteiger partial charge in [0.15, 0.2) is 5.78 Å². The third kappa shape index (κ3) is 2.62. The second kappa shape index (κ2) is 5.49. The van der Waals surface area contributed by atoms with Crippen LogP contribution in [0.3, 0.4) is 0 Å². The Bertz CT molecular complexity index is 957.